The third-order valence-electron chi connectivity index (χ3n) is 3.93. The van der Waals surface area contributed by atoms with E-state index in [-0.39, 0.29) is 30.7 Å². The number of nitrogens with zero attached hydrogens (tertiary/aromatic N) is 1. The third-order valence-corrected chi connectivity index (χ3v) is 5.72. The summed E-state index contributed by atoms with van der Waals surface area (Å²) in [6.45, 7) is 1.16. The van der Waals surface area contributed by atoms with Gasteiger partial charge in [-0.1, -0.05) is 0 Å². The number of amides is 2. The van der Waals surface area contributed by atoms with Crippen LogP contribution in [0.3, 0.4) is 0 Å². The molecule has 2 amide bonds. The molecule has 0 bridgehead atoms. The minimum Gasteiger partial charge on any atom is -0.481 e. The monoisotopic (exact) mass is 463 g/mol. The maximum Gasteiger partial charge on any atom is 0.303 e. The number of aliphatic carboxylic acids is 1. The molecule has 1 aromatic rings. The van der Waals surface area contributed by atoms with Crippen molar-refractivity contribution < 1.29 is 19.5 Å². The van der Waals surface area contributed by atoms with Crippen LogP contribution in [-0.4, -0.2) is 51.9 Å². The first-order valence-corrected chi connectivity index (χ1v) is 9.30. The Kier molecular flexibility index (Phi) is 6.85. The summed E-state index contributed by atoms with van der Waals surface area (Å²) in [6.07, 6.45) is 2.02. The second-order valence-electron chi connectivity index (χ2n) is 5.72. The van der Waals surface area contributed by atoms with Crippen molar-refractivity contribution in [3.05, 3.63) is 20.8 Å². The van der Waals surface area contributed by atoms with E-state index in [0.29, 0.717) is 38.0 Å². The SMILES string of the molecule is O=C(O)CCCC(=O)N1CCC(NC(=O)c2cc(Br)c(Br)[nH]2)CC1. The lowest BCUT2D eigenvalue weighted by Gasteiger charge is -2.32. The molecule has 2 heterocycles. The van der Waals surface area contributed by atoms with Gasteiger partial charge in [0, 0.05) is 32.0 Å². The molecule has 1 saturated heterocycles. The summed E-state index contributed by atoms with van der Waals surface area (Å²) >= 11 is 6.62. The Morgan fingerprint density at radius 1 is 1.25 bits per heavy atom. The second kappa shape index (κ2) is 8.66. The molecule has 0 aromatic carbocycles. The van der Waals surface area contributed by atoms with Crippen LogP contribution in [0.1, 0.15) is 42.6 Å². The van der Waals surface area contributed by atoms with Crippen LogP contribution in [-0.2, 0) is 9.59 Å². The molecule has 0 aliphatic carbocycles. The van der Waals surface area contributed by atoms with Gasteiger partial charge in [0.2, 0.25) is 5.91 Å². The largest absolute Gasteiger partial charge is 0.481 e. The fourth-order valence-corrected chi connectivity index (χ4v) is 3.27. The number of piperidine rings is 1. The Bertz CT molecular complexity index is 605. The van der Waals surface area contributed by atoms with Gasteiger partial charge in [-0.3, -0.25) is 14.4 Å². The Balaban J connectivity index is 1.75. The molecule has 0 unspecified atom stereocenters. The number of carbonyl (C=O) groups excluding carboxylic acids is 2. The molecule has 132 valence electrons. The molecule has 7 nitrogen and oxygen atoms in total. The summed E-state index contributed by atoms with van der Waals surface area (Å²) in [4.78, 5) is 39.3. The highest BCUT2D eigenvalue weighted by Crippen LogP contribution is 2.23. The molecular weight excluding hydrogens is 446 g/mol. The molecule has 1 aromatic heterocycles. The number of carboxylic acid groups (broad SMARTS) is 1. The van der Waals surface area contributed by atoms with E-state index in [0.717, 1.165) is 9.08 Å². The van der Waals surface area contributed by atoms with Gasteiger partial charge in [-0.05, 0) is 57.2 Å². The van der Waals surface area contributed by atoms with E-state index in [1.54, 1.807) is 11.0 Å². The van der Waals surface area contributed by atoms with E-state index >= 15 is 0 Å². The number of H-pyrrole nitrogens is 1. The number of carbonyl (C=O) groups is 3. The zero-order chi connectivity index (χ0) is 17.7. The number of likely N-dealkylation sites (tertiary alicyclic amines) is 1. The summed E-state index contributed by atoms with van der Waals surface area (Å²) < 4.78 is 1.50. The molecule has 1 aliphatic heterocycles. The number of carboxylic acids is 1. The van der Waals surface area contributed by atoms with Crippen LogP contribution in [0, 0.1) is 0 Å². The Morgan fingerprint density at radius 2 is 1.92 bits per heavy atom. The van der Waals surface area contributed by atoms with Gasteiger partial charge in [-0.25, -0.2) is 0 Å². The third kappa shape index (κ3) is 5.34. The molecule has 0 saturated carbocycles. The van der Waals surface area contributed by atoms with Crippen molar-refractivity contribution in [3.8, 4) is 0 Å². The summed E-state index contributed by atoms with van der Waals surface area (Å²) in [5.41, 5.74) is 0.473. The van der Waals surface area contributed by atoms with Gasteiger partial charge in [0.15, 0.2) is 0 Å². The smallest absolute Gasteiger partial charge is 0.303 e. The van der Waals surface area contributed by atoms with E-state index in [9.17, 15) is 14.4 Å². The molecule has 9 heteroatoms. The molecule has 1 aliphatic rings. The molecule has 0 radical (unpaired) electrons. The quantitative estimate of drug-likeness (QED) is 0.601. The lowest BCUT2D eigenvalue weighted by Crippen LogP contribution is -2.46. The van der Waals surface area contributed by atoms with Crippen LogP contribution in [0.25, 0.3) is 0 Å². The lowest BCUT2D eigenvalue weighted by atomic mass is 10.0. The van der Waals surface area contributed by atoms with Gasteiger partial charge in [0.25, 0.3) is 5.91 Å². The predicted octanol–water partition coefficient (Wildman–Crippen LogP) is 2.52. The average molecular weight is 465 g/mol. The molecule has 1 fully saturated rings. The minimum absolute atomic E-state index is 0.0134. The number of rotatable bonds is 6. The first-order chi connectivity index (χ1) is 11.4. The van der Waals surface area contributed by atoms with E-state index in [2.05, 4.69) is 42.2 Å². The minimum atomic E-state index is -0.883. The molecule has 3 N–H and O–H groups in total. The Hall–Kier alpha value is -1.35. The van der Waals surface area contributed by atoms with Crippen molar-refractivity contribution >= 4 is 49.6 Å². The molecular formula is C15H19Br2N3O4. The van der Waals surface area contributed by atoms with Crippen molar-refractivity contribution in [1.29, 1.82) is 0 Å². The summed E-state index contributed by atoms with van der Waals surface area (Å²) in [5.74, 6) is -1.07. The van der Waals surface area contributed by atoms with Gasteiger partial charge in [0.1, 0.15) is 5.69 Å². The number of hydrogen-bond donors (Lipinski definition) is 3. The summed E-state index contributed by atoms with van der Waals surface area (Å²) in [7, 11) is 0. The molecule has 24 heavy (non-hydrogen) atoms. The van der Waals surface area contributed by atoms with E-state index in [1.807, 2.05) is 0 Å². The van der Waals surface area contributed by atoms with Crippen LogP contribution in [0.15, 0.2) is 15.1 Å². The summed E-state index contributed by atoms with van der Waals surface area (Å²) in [5, 5.41) is 11.6. The molecule has 2 rings (SSSR count). The van der Waals surface area contributed by atoms with Crippen molar-refractivity contribution in [3.63, 3.8) is 0 Å². The van der Waals surface area contributed by atoms with Crippen molar-refractivity contribution in [2.45, 2.75) is 38.1 Å². The fourth-order valence-electron chi connectivity index (χ4n) is 2.61. The highest BCUT2D eigenvalue weighted by atomic mass is 79.9. The Morgan fingerprint density at radius 3 is 2.46 bits per heavy atom. The predicted molar refractivity (Wildman–Crippen MR) is 94.7 cm³/mol. The zero-order valence-electron chi connectivity index (χ0n) is 13.0. The van der Waals surface area contributed by atoms with E-state index in [4.69, 9.17) is 5.11 Å². The molecule has 0 spiro atoms. The van der Waals surface area contributed by atoms with Crippen LogP contribution in [0.4, 0.5) is 0 Å². The van der Waals surface area contributed by atoms with Crippen LogP contribution in [0.2, 0.25) is 0 Å². The van der Waals surface area contributed by atoms with Gasteiger partial charge in [-0.15, -0.1) is 0 Å². The first-order valence-electron chi connectivity index (χ1n) is 7.71. The lowest BCUT2D eigenvalue weighted by molar-refractivity contribution is -0.137. The van der Waals surface area contributed by atoms with Crippen molar-refractivity contribution in [1.82, 2.24) is 15.2 Å². The normalized spacial score (nSPS) is 15.3. The number of halogens is 2. The molecule has 0 atom stereocenters. The van der Waals surface area contributed by atoms with Gasteiger partial charge in [0.05, 0.1) is 9.08 Å². The number of aromatic amines is 1. The Labute approximate surface area is 156 Å². The number of nitrogens with one attached hydrogen (secondary N) is 2. The van der Waals surface area contributed by atoms with Crippen LogP contribution in [0.5, 0.6) is 0 Å². The van der Waals surface area contributed by atoms with Gasteiger partial charge < -0.3 is 20.3 Å². The standard InChI is InChI=1S/C15H19Br2N3O4/c16-10-8-11(19-14(10)17)15(24)18-9-4-6-20(7-5-9)12(21)2-1-3-13(22)23/h8-9,19H,1-7H2,(H,18,24)(H,22,23). The van der Waals surface area contributed by atoms with E-state index in [1.165, 1.54) is 0 Å². The van der Waals surface area contributed by atoms with Crippen molar-refractivity contribution in [2.75, 3.05) is 13.1 Å². The van der Waals surface area contributed by atoms with Gasteiger partial charge in [-0.2, -0.15) is 0 Å². The maximum absolute atomic E-state index is 12.2. The second-order valence-corrected chi connectivity index (χ2v) is 7.37. The maximum atomic E-state index is 12.2. The highest BCUT2D eigenvalue weighted by Gasteiger charge is 2.24. The average Bonchev–Trinajstić information content (AvgIpc) is 2.87. The van der Waals surface area contributed by atoms with Gasteiger partial charge >= 0.3 is 5.97 Å². The van der Waals surface area contributed by atoms with E-state index < -0.39 is 5.97 Å². The summed E-state index contributed by atoms with van der Waals surface area (Å²) in [6, 6.07) is 1.74. The first kappa shape index (κ1) is 19.0. The van der Waals surface area contributed by atoms with Crippen LogP contribution >= 0.6 is 31.9 Å². The highest BCUT2D eigenvalue weighted by molar-refractivity contribution is 9.13. The van der Waals surface area contributed by atoms with Crippen LogP contribution < -0.4 is 5.32 Å². The zero-order valence-corrected chi connectivity index (χ0v) is 16.2. The fraction of sp³-hybridized carbons (Fsp3) is 0.533. The number of aromatic nitrogens is 1. The van der Waals surface area contributed by atoms with Crippen molar-refractivity contribution in [2.24, 2.45) is 0 Å². The topological polar surface area (TPSA) is 102 Å². The number of hydrogen-bond acceptors (Lipinski definition) is 3.